The van der Waals surface area contributed by atoms with Crippen LogP contribution in [-0.4, -0.2) is 16.3 Å². The van der Waals surface area contributed by atoms with E-state index in [9.17, 15) is 4.55 Å². The minimum atomic E-state index is -1.02. The monoisotopic (exact) mass is 179 g/mol. The predicted molar refractivity (Wildman–Crippen MR) is 48.0 cm³/mol. The molecule has 1 aliphatic rings. The van der Waals surface area contributed by atoms with E-state index in [1.807, 2.05) is 12.1 Å². The lowest BCUT2D eigenvalue weighted by atomic mass is 10.2. The van der Waals surface area contributed by atoms with Crippen molar-refractivity contribution in [3.63, 3.8) is 0 Å². The lowest BCUT2D eigenvalue weighted by Gasteiger charge is -2.01. The molecule has 1 aromatic rings. The minimum Gasteiger partial charge on any atom is -0.591 e. The van der Waals surface area contributed by atoms with Gasteiger partial charge in [0.2, 0.25) is 5.88 Å². The van der Waals surface area contributed by atoms with E-state index in [2.05, 4.69) is 15.8 Å². The molecule has 1 aromatic carbocycles. The Hall–Kier alpha value is -1.00. The minimum absolute atomic E-state index is 0.355. The van der Waals surface area contributed by atoms with Crippen molar-refractivity contribution >= 4 is 17.2 Å². The van der Waals surface area contributed by atoms with Crippen LogP contribution in [0.15, 0.2) is 29.3 Å². The van der Waals surface area contributed by atoms with Crippen LogP contribution in [-0.2, 0) is 11.4 Å². The van der Waals surface area contributed by atoms with Crippen LogP contribution in [0.5, 0.6) is 0 Å². The Kier molecular flexibility index (Phi) is 2.01. The van der Waals surface area contributed by atoms with Gasteiger partial charge >= 0.3 is 0 Å². The van der Waals surface area contributed by atoms with Crippen molar-refractivity contribution < 1.29 is 4.55 Å². The Labute approximate surface area is 73.8 Å². The van der Waals surface area contributed by atoms with Crippen LogP contribution in [0.4, 0.5) is 0 Å². The Morgan fingerprint density at radius 1 is 1.50 bits per heavy atom. The first-order valence-corrected chi connectivity index (χ1v) is 4.84. The molecule has 1 aliphatic heterocycles. The zero-order valence-electron chi connectivity index (χ0n) is 6.28. The van der Waals surface area contributed by atoms with Gasteiger partial charge in [0.1, 0.15) is 0 Å². The summed E-state index contributed by atoms with van der Waals surface area (Å²) >= 11 is -1.02. The van der Waals surface area contributed by atoms with Gasteiger partial charge in [-0.05, 0) is 6.07 Å². The van der Waals surface area contributed by atoms with Crippen molar-refractivity contribution in [1.82, 2.24) is 4.72 Å². The fourth-order valence-corrected chi connectivity index (χ4v) is 1.70. The van der Waals surface area contributed by atoms with E-state index in [0.29, 0.717) is 11.7 Å². The van der Waals surface area contributed by atoms with Gasteiger partial charge in [-0.15, -0.1) is 0 Å². The molecule has 3 nitrogen and oxygen atoms in total. The highest BCUT2D eigenvalue weighted by molar-refractivity contribution is 7.90. The summed E-state index contributed by atoms with van der Waals surface area (Å²) in [5, 5.41) is 0. The molecular formula is C8H7N2OS. The molecule has 0 aromatic heterocycles. The molecule has 1 heterocycles. The molecule has 0 saturated heterocycles. The molecule has 12 heavy (non-hydrogen) atoms. The van der Waals surface area contributed by atoms with Gasteiger partial charge in [-0.3, -0.25) is 0 Å². The Morgan fingerprint density at radius 2 is 2.25 bits per heavy atom. The van der Waals surface area contributed by atoms with E-state index < -0.39 is 11.4 Å². The SMILES string of the molecule is [O-][S+]1CN=C(c2cc[c]cc2)N1. The highest BCUT2D eigenvalue weighted by Gasteiger charge is 2.18. The molecule has 4 heteroatoms. The van der Waals surface area contributed by atoms with Crippen LogP contribution in [0.1, 0.15) is 5.56 Å². The number of nitrogens with zero attached hydrogens (tertiary/aromatic N) is 1. The normalized spacial score (nSPS) is 21.8. The summed E-state index contributed by atoms with van der Waals surface area (Å²) in [5.74, 6) is 1.07. The van der Waals surface area contributed by atoms with Crippen molar-refractivity contribution in [3.05, 3.63) is 35.9 Å². The Morgan fingerprint density at radius 3 is 2.83 bits per heavy atom. The molecule has 0 fully saturated rings. The summed E-state index contributed by atoms with van der Waals surface area (Å²) in [6.45, 7) is 0. The second kappa shape index (κ2) is 3.16. The molecule has 2 rings (SSSR count). The summed E-state index contributed by atoms with van der Waals surface area (Å²) < 4.78 is 13.7. The highest BCUT2D eigenvalue weighted by atomic mass is 32.2. The van der Waals surface area contributed by atoms with Gasteiger partial charge in [0.25, 0.3) is 0 Å². The van der Waals surface area contributed by atoms with Gasteiger partial charge in [-0.25, -0.2) is 4.99 Å². The average Bonchev–Trinajstić information content (AvgIpc) is 2.54. The van der Waals surface area contributed by atoms with E-state index in [0.717, 1.165) is 5.56 Å². The number of rotatable bonds is 1. The summed E-state index contributed by atoms with van der Waals surface area (Å²) in [7, 11) is 0. The van der Waals surface area contributed by atoms with Gasteiger partial charge in [-0.2, -0.15) is 4.72 Å². The van der Waals surface area contributed by atoms with Crippen molar-refractivity contribution in [2.75, 3.05) is 5.88 Å². The topological polar surface area (TPSA) is 47.5 Å². The van der Waals surface area contributed by atoms with Gasteiger partial charge in [0.15, 0.2) is 5.84 Å². The first-order chi connectivity index (χ1) is 5.86. The molecule has 1 atom stereocenters. The molecular weight excluding hydrogens is 172 g/mol. The van der Waals surface area contributed by atoms with Crippen LogP contribution >= 0.6 is 0 Å². The molecule has 1 N–H and O–H groups in total. The predicted octanol–water partition coefficient (Wildman–Crippen LogP) is 0.458. The summed E-state index contributed by atoms with van der Waals surface area (Å²) in [6.07, 6.45) is 0. The summed E-state index contributed by atoms with van der Waals surface area (Å²) in [5.41, 5.74) is 0.958. The summed E-state index contributed by atoms with van der Waals surface area (Å²) in [6, 6.07) is 10.3. The zero-order valence-corrected chi connectivity index (χ0v) is 7.10. The zero-order chi connectivity index (χ0) is 8.39. The van der Waals surface area contributed by atoms with Gasteiger partial charge < -0.3 is 4.55 Å². The average molecular weight is 179 g/mol. The number of hydrogen-bond donors (Lipinski definition) is 1. The molecule has 61 valence electrons. The van der Waals surface area contributed by atoms with Crippen LogP contribution < -0.4 is 4.72 Å². The maximum absolute atomic E-state index is 10.9. The second-order valence-electron chi connectivity index (χ2n) is 2.37. The molecule has 1 radical (unpaired) electrons. The highest BCUT2D eigenvalue weighted by Crippen LogP contribution is 2.05. The van der Waals surface area contributed by atoms with Crippen LogP contribution in [0.3, 0.4) is 0 Å². The number of nitrogens with one attached hydrogen (secondary N) is 1. The quantitative estimate of drug-likeness (QED) is 0.636. The molecule has 1 unspecified atom stereocenters. The van der Waals surface area contributed by atoms with Crippen molar-refractivity contribution in [2.24, 2.45) is 4.99 Å². The maximum atomic E-state index is 10.9. The van der Waals surface area contributed by atoms with Gasteiger partial charge in [0, 0.05) is 5.56 Å². The van der Waals surface area contributed by atoms with E-state index in [1.165, 1.54) is 0 Å². The number of aliphatic imine (C=N–C) groups is 1. The van der Waals surface area contributed by atoms with Gasteiger partial charge in [0.05, 0.1) is 11.4 Å². The van der Waals surface area contributed by atoms with Crippen LogP contribution in [0.25, 0.3) is 0 Å². The van der Waals surface area contributed by atoms with E-state index >= 15 is 0 Å². The molecule has 0 bridgehead atoms. The molecule has 0 aliphatic carbocycles. The number of hydrogen-bond acceptors (Lipinski definition) is 3. The lowest BCUT2D eigenvalue weighted by Crippen LogP contribution is -2.25. The van der Waals surface area contributed by atoms with E-state index in [-0.39, 0.29) is 0 Å². The van der Waals surface area contributed by atoms with E-state index in [4.69, 9.17) is 0 Å². The van der Waals surface area contributed by atoms with Crippen LogP contribution in [0.2, 0.25) is 0 Å². The van der Waals surface area contributed by atoms with E-state index in [1.54, 1.807) is 12.1 Å². The van der Waals surface area contributed by atoms with Crippen molar-refractivity contribution in [2.45, 2.75) is 0 Å². The first-order valence-electron chi connectivity index (χ1n) is 3.52. The molecule has 0 amide bonds. The van der Waals surface area contributed by atoms with Crippen LogP contribution in [0, 0.1) is 6.07 Å². The summed E-state index contributed by atoms with van der Waals surface area (Å²) in [4.78, 5) is 4.08. The smallest absolute Gasteiger partial charge is 0.222 e. The standard InChI is InChI=1S/C8H7N2OS/c11-12-6-9-8(10-12)7-4-2-1-3-5-7/h2-5H,6H2,(H,9,10). The van der Waals surface area contributed by atoms with Gasteiger partial charge in [-0.1, -0.05) is 24.3 Å². The van der Waals surface area contributed by atoms with Crippen molar-refractivity contribution in [1.29, 1.82) is 0 Å². The second-order valence-corrected chi connectivity index (χ2v) is 3.53. The third-order valence-electron chi connectivity index (χ3n) is 1.54. The molecule has 0 spiro atoms. The number of benzene rings is 1. The Balaban J connectivity index is 2.22. The molecule has 0 saturated carbocycles. The fourth-order valence-electron chi connectivity index (χ4n) is 0.991. The number of amidine groups is 1. The fraction of sp³-hybridized carbons (Fsp3) is 0.125. The Bertz CT molecular complexity index is 299. The lowest BCUT2D eigenvalue weighted by molar-refractivity contribution is 0.595. The third-order valence-corrected chi connectivity index (χ3v) is 2.33. The maximum Gasteiger partial charge on any atom is 0.222 e. The third kappa shape index (κ3) is 1.44. The first kappa shape index (κ1) is 7.64. The van der Waals surface area contributed by atoms with Crippen molar-refractivity contribution in [3.8, 4) is 0 Å². The largest absolute Gasteiger partial charge is 0.591 e.